The van der Waals surface area contributed by atoms with Crippen LogP contribution >= 0.6 is 15.9 Å². The molecule has 1 aliphatic rings. The van der Waals surface area contributed by atoms with Crippen molar-refractivity contribution in [3.63, 3.8) is 0 Å². The fourth-order valence-corrected chi connectivity index (χ4v) is 3.01. The van der Waals surface area contributed by atoms with Gasteiger partial charge in [0.1, 0.15) is 23.4 Å². The zero-order chi connectivity index (χ0) is 15.0. The molecular formula is C16H14BrFO3. The molecule has 0 bridgehead atoms. The zero-order valence-corrected chi connectivity index (χ0v) is 12.9. The lowest BCUT2D eigenvalue weighted by Gasteiger charge is -2.30. The third-order valence-corrected chi connectivity index (χ3v) is 4.31. The Bertz CT molecular complexity index is 675. The van der Waals surface area contributed by atoms with Gasteiger partial charge in [0.05, 0.1) is 13.2 Å². The van der Waals surface area contributed by atoms with Gasteiger partial charge in [0.25, 0.3) is 0 Å². The van der Waals surface area contributed by atoms with E-state index in [1.807, 2.05) is 18.2 Å². The van der Waals surface area contributed by atoms with Gasteiger partial charge in [-0.15, -0.1) is 0 Å². The topological polar surface area (TPSA) is 38.7 Å². The minimum atomic E-state index is -0.757. The van der Waals surface area contributed by atoms with Gasteiger partial charge in [0, 0.05) is 22.0 Å². The molecule has 0 saturated carbocycles. The van der Waals surface area contributed by atoms with Gasteiger partial charge in [-0.3, -0.25) is 0 Å². The fraction of sp³-hybridized carbons (Fsp3) is 0.250. The number of rotatable bonds is 2. The molecule has 110 valence electrons. The molecule has 0 saturated heterocycles. The summed E-state index contributed by atoms with van der Waals surface area (Å²) in [5.74, 6) is 0.850. The maximum Gasteiger partial charge on any atom is 0.128 e. The Balaban J connectivity index is 1.97. The standard InChI is InChI=1S/C16H14BrFO3/c1-20-10-3-4-13(17)11(7-10)16-8-14(19)12-6-9(18)2-5-15(12)21-16/h2-7,14,16,19H,8H2,1H3/t14-,16?/m1/s1. The Hall–Kier alpha value is -1.59. The van der Waals surface area contributed by atoms with E-state index in [0.29, 0.717) is 17.7 Å². The van der Waals surface area contributed by atoms with Crippen LogP contribution in [0.3, 0.4) is 0 Å². The number of methoxy groups -OCH3 is 1. The van der Waals surface area contributed by atoms with Crippen molar-refractivity contribution in [2.45, 2.75) is 18.6 Å². The quantitative estimate of drug-likeness (QED) is 0.882. The summed E-state index contributed by atoms with van der Waals surface area (Å²) in [6.07, 6.45) is -0.711. The van der Waals surface area contributed by atoms with Crippen LogP contribution in [0.2, 0.25) is 0 Å². The highest BCUT2D eigenvalue weighted by molar-refractivity contribution is 9.10. The highest BCUT2D eigenvalue weighted by atomic mass is 79.9. The van der Waals surface area contributed by atoms with Crippen LogP contribution in [0.25, 0.3) is 0 Å². The van der Waals surface area contributed by atoms with Crippen LogP contribution in [0.15, 0.2) is 40.9 Å². The van der Waals surface area contributed by atoms with Crippen molar-refractivity contribution in [3.8, 4) is 11.5 Å². The fourth-order valence-electron chi connectivity index (χ4n) is 2.50. The number of aliphatic hydroxyl groups is 1. The van der Waals surface area contributed by atoms with Crippen LogP contribution in [0.1, 0.15) is 29.8 Å². The van der Waals surface area contributed by atoms with Crippen molar-refractivity contribution < 1.29 is 19.0 Å². The Labute approximate surface area is 130 Å². The summed E-state index contributed by atoms with van der Waals surface area (Å²) in [5.41, 5.74) is 1.38. The monoisotopic (exact) mass is 352 g/mol. The van der Waals surface area contributed by atoms with Crippen molar-refractivity contribution in [3.05, 3.63) is 57.8 Å². The van der Waals surface area contributed by atoms with Gasteiger partial charge in [0.2, 0.25) is 0 Å². The molecule has 5 heteroatoms. The van der Waals surface area contributed by atoms with E-state index in [2.05, 4.69) is 15.9 Å². The maximum atomic E-state index is 13.3. The SMILES string of the molecule is COc1ccc(Br)c(C2C[C@@H](O)c3cc(F)ccc3O2)c1. The lowest BCUT2D eigenvalue weighted by molar-refractivity contribution is 0.0649. The summed E-state index contributed by atoms with van der Waals surface area (Å²) in [6, 6.07) is 9.79. The number of halogens is 2. The summed E-state index contributed by atoms with van der Waals surface area (Å²) in [5, 5.41) is 10.2. The van der Waals surface area contributed by atoms with Crippen molar-refractivity contribution in [1.29, 1.82) is 0 Å². The smallest absolute Gasteiger partial charge is 0.128 e. The lowest BCUT2D eigenvalue weighted by Crippen LogP contribution is -2.19. The third-order valence-electron chi connectivity index (χ3n) is 3.59. The Morgan fingerprint density at radius 3 is 2.81 bits per heavy atom. The second-order valence-electron chi connectivity index (χ2n) is 4.93. The van der Waals surface area contributed by atoms with Crippen molar-refractivity contribution in [1.82, 2.24) is 0 Å². The summed E-state index contributed by atoms with van der Waals surface area (Å²) < 4.78 is 25.3. The first-order valence-corrected chi connectivity index (χ1v) is 7.35. The molecule has 1 heterocycles. The third kappa shape index (κ3) is 2.76. The predicted octanol–water partition coefficient (Wildman–Crippen LogP) is 4.15. The molecule has 0 aliphatic carbocycles. The average molecular weight is 353 g/mol. The number of fused-ring (bicyclic) bond motifs is 1. The number of aliphatic hydroxyl groups excluding tert-OH is 1. The first kappa shape index (κ1) is 14.4. The number of hydrogen-bond donors (Lipinski definition) is 1. The summed E-state index contributed by atoms with van der Waals surface area (Å²) in [4.78, 5) is 0. The van der Waals surface area contributed by atoms with Crippen LogP contribution in [-0.4, -0.2) is 12.2 Å². The van der Waals surface area contributed by atoms with Gasteiger partial charge < -0.3 is 14.6 Å². The number of ether oxygens (including phenoxy) is 2. The van der Waals surface area contributed by atoms with Gasteiger partial charge in [-0.25, -0.2) is 4.39 Å². The van der Waals surface area contributed by atoms with E-state index < -0.39 is 6.10 Å². The van der Waals surface area contributed by atoms with E-state index in [-0.39, 0.29) is 11.9 Å². The maximum absolute atomic E-state index is 13.3. The van der Waals surface area contributed by atoms with E-state index >= 15 is 0 Å². The molecule has 0 radical (unpaired) electrons. The van der Waals surface area contributed by atoms with E-state index in [0.717, 1.165) is 15.8 Å². The van der Waals surface area contributed by atoms with Crippen LogP contribution in [-0.2, 0) is 0 Å². The first-order chi connectivity index (χ1) is 10.1. The molecule has 0 amide bonds. The van der Waals surface area contributed by atoms with E-state index in [9.17, 15) is 9.50 Å². The number of hydrogen-bond acceptors (Lipinski definition) is 3. The lowest BCUT2D eigenvalue weighted by atomic mass is 9.95. The summed E-state index contributed by atoms with van der Waals surface area (Å²) in [7, 11) is 1.60. The van der Waals surface area contributed by atoms with Gasteiger partial charge >= 0.3 is 0 Å². The van der Waals surface area contributed by atoms with E-state index in [1.165, 1.54) is 12.1 Å². The normalized spacial score (nSPS) is 20.6. The van der Waals surface area contributed by atoms with Crippen molar-refractivity contribution in [2.75, 3.05) is 7.11 Å². The molecule has 21 heavy (non-hydrogen) atoms. The second kappa shape index (κ2) is 5.66. The van der Waals surface area contributed by atoms with Crippen LogP contribution in [0.5, 0.6) is 11.5 Å². The summed E-state index contributed by atoms with van der Waals surface area (Å²) >= 11 is 3.49. The Kier molecular flexibility index (Phi) is 3.87. The molecule has 1 N–H and O–H groups in total. The van der Waals surface area contributed by atoms with Crippen LogP contribution in [0, 0.1) is 5.82 Å². The molecule has 3 nitrogen and oxygen atoms in total. The molecule has 1 aliphatic heterocycles. The van der Waals surface area contributed by atoms with Gasteiger partial charge in [-0.2, -0.15) is 0 Å². The van der Waals surface area contributed by atoms with E-state index in [4.69, 9.17) is 9.47 Å². The van der Waals surface area contributed by atoms with Crippen LogP contribution < -0.4 is 9.47 Å². The Morgan fingerprint density at radius 2 is 2.05 bits per heavy atom. The highest BCUT2D eigenvalue weighted by Gasteiger charge is 2.29. The Morgan fingerprint density at radius 1 is 1.24 bits per heavy atom. The van der Waals surface area contributed by atoms with Gasteiger partial charge in [0.15, 0.2) is 0 Å². The van der Waals surface area contributed by atoms with Crippen LogP contribution in [0.4, 0.5) is 4.39 Å². The molecule has 1 unspecified atom stereocenters. The van der Waals surface area contributed by atoms with Crippen molar-refractivity contribution in [2.24, 2.45) is 0 Å². The highest BCUT2D eigenvalue weighted by Crippen LogP contribution is 2.43. The van der Waals surface area contributed by atoms with Crippen molar-refractivity contribution >= 4 is 15.9 Å². The molecule has 3 rings (SSSR count). The molecule has 0 spiro atoms. The zero-order valence-electron chi connectivity index (χ0n) is 11.3. The van der Waals surface area contributed by atoms with Gasteiger partial charge in [-0.05, 0) is 36.4 Å². The molecule has 0 fully saturated rings. The molecule has 0 aromatic heterocycles. The summed E-state index contributed by atoms with van der Waals surface area (Å²) in [6.45, 7) is 0. The molecule has 2 aromatic rings. The molecular weight excluding hydrogens is 339 g/mol. The second-order valence-corrected chi connectivity index (χ2v) is 5.78. The predicted molar refractivity (Wildman–Crippen MR) is 80.0 cm³/mol. The minimum absolute atomic E-state index is 0.317. The van der Waals surface area contributed by atoms with Gasteiger partial charge in [-0.1, -0.05) is 15.9 Å². The minimum Gasteiger partial charge on any atom is -0.497 e. The first-order valence-electron chi connectivity index (χ1n) is 6.56. The molecule has 2 aromatic carbocycles. The van der Waals surface area contributed by atoms with E-state index in [1.54, 1.807) is 13.2 Å². The molecule has 2 atom stereocenters. The number of benzene rings is 2. The average Bonchev–Trinajstić information content (AvgIpc) is 2.48. The largest absolute Gasteiger partial charge is 0.497 e.